The van der Waals surface area contributed by atoms with Crippen molar-refractivity contribution >= 4 is 23.0 Å². The van der Waals surface area contributed by atoms with Gasteiger partial charge in [-0.2, -0.15) is 0 Å². The summed E-state index contributed by atoms with van der Waals surface area (Å²) < 4.78 is 28.3. The molecule has 6 rings (SSSR count). The first-order valence-electron chi connectivity index (χ1n) is 11.4. The van der Waals surface area contributed by atoms with Crippen molar-refractivity contribution in [2.45, 2.75) is 25.9 Å². The van der Waals surface area contributed by atoms with E-state index < -0.39 is 0 Å². The highest BCUT2D eigenvalue weighted by molar-refractivity contribution is 7.80. The molecule has 0 saturated carbocycles. The smallest absolute Gasteiger partial charge is 0.231 e. The van der Waals surface area contributed by atoms with Crippen LogP contribution in [0.4, 0.5) is 10.1 Å². The maximum absolute atomic E-state index is 15.0. The topological polar surface area (TPSA) is 51.6 Å². The van der Waals surface area contributed by atoms with Gasteiger partial charge < -0.3 is 24.3 Å². The Bertz CT molecular complexity index is 1440. The molecule has 0 spiro atoms. The predicted octanol–water partition coefficient (Wildman–Crippen LogP) is 5.53. The summed E-state index contributed by atoms with van der Waals surface area (Å²) in [6.07, 6.45) is 1.76. The molecule has 6 nitrogen and oxygen atoms in total. The molecule has 35 heavy (non-hydrogen) atoms. The molecule has 1 fully saturated rings. The number of pyridine rings is 1. The van der Waals surface area contributed by atoms with Gasteiger partial charge in [0.15, 0.2) is 16.6 Å². The van der Waals surface area contributed by atoms with E-state index in [-0.39, 0.29) is 24.7 Å². The number of aromatic nitrogens is 2. The standard InChI is InChI=1S/C27H23FN4O2S/c1-16-13-19(17(2)31(16)18-10-11-23-24(14-18)34-15-33-23)26-25(21-8-5-6-12-29-21)30-27(35)32(26)22-9-4-3-7-20(22)28/h3-14,25-26H,15H2,1-2H3,(H,30,35)/t25-,26+/m0/s1. The van der Waals surface area contributed by atoms with Crippen molar-refractivity contribution < 1.29 is 13.9 Å². The van der Waals surface area contributed by atoms with Crippen molar-refractivity contribution in [1.29, 1.82) is 0 Å². The lowest BCUT2D eigenvalue weighted by molar-refractivity contribution is 0.174. The first-order chi connectivity index (χ1) is 17.0. The van der Waals surface area contributed by atoms with Crippen molar-refractivity contribution in [2.24, 2.45) is 0 Å². The van der Waals surface area contributed by atoms with Crippen molar-refractivity contribution in [3.05, 3.63) is 101 Å². The fourth-order valence-corrected chi connectivity index (χ4v) is 5.43. The molecule has 4 heterocycles. The Balaban J connectivity index is 1.51. The molecule has 0 radical (unpaired) electrons. The molecule has 4 aromatic rings. The van der Waals surface area contributed by atoms with Crippen molar-refractivity contribution in [1.82, 2.24) is 14.9 Å². The number of nitrogens with one attached hydrogen (secondary N) is 1. The molecule has 2 aromatic heterocycles. The summed E-state index contributed by atoms with van der Waals surface area (Å²) in [5.41, 5.74) is 5.35. The van der Waals surface area contributed by atoms with Crippen molar-refractivity contribution in [2.75, 3.05) is 11.7 Å². The first kappa shape index (κ1) is 21.6. The number of para-hydroxylation sites is 1. The Kier molecular flexibility index (Phi) is 5.18. The number of benzene rings is 2. The average molecular weight is 487 g/mol. The quantitative estimate of drug-likeness (QED) is 0.383. The normalized spacial score (nSPS) is 18.7. The van der Waals surface area contributed by atoms with Crippen LogP contribution in [0.1, 0.15) is 34.7 Å². The third-order valence-electron chi connectivity index (χ3n) is 6.61. The number of rotatable bonds is 4. The number of halogens is 1. The highest BCUT2D eigenvalue weighted by Crippen LogP contribution is 2.44. The summed E-state index contributed by atoms with van der Waals surface area (Å²) in [6, 6.07) is 20.0. The van der Waals surface area contributed by atoms with Gasteiger partial charge in [-0.3, -0.25) is 4.98 Å². The van der Waals surface area contributed by atoms with Crippen molar-refractivity contribution in [3.8, 4) is 17.2 Å². The predicted molar refractivity (Wildman–Crippen MR) is 136 cm³/mol. The number of ether oxygens (including phenoxy) is 2. The van der Waals surface area contributed by atoms with Crippen molar-refractivity contribution in [3.63, 3.8) is 0 Å². The maximum Gasteiger partial charge on any atom is 0.231 e. The van der Waals surface area contributed by atoms with Gasteiger partial charge in [0.25, 0.3) is 0 Å². The summed E-state index contributed by atoms with van der Waals surface area (Å²) >= 11 is 5.75. The number of aryl methyl sites for hydroxylation is 1. The van der Waals surface area contributed by atoms with Crippen LogP contribution in [0, 0.1) is 19.7 Å². The molecule has 2 aliphatic rings. The molecule has 0 amide bonds. The van der Waals surface area contributed by atoms with Crippen LogP contribution in [0.15, 0.2) is 72.9 Å². The third kappa shape index (κ3) is 3.52. The fraction of sp³-hybridized carbons (Fsp3) is 0.185. The fourth-order valence-electron chi connectivity index (χ4n) is 5.09. The lowest BCUT2D eigenvalue weighted by atomic mass is 9.96. The molecule has 8 heteroatoms. The minimum absolute atomic E-state index is 0.224. The van der Waals surface area contributed by atoms with E-state index in [1.165, 1.54) is 6.07 Å². The second-order valence-electron chi connectivity index (χ2n) is 8.65. The molecule has 176 valence electrons. The van der Waals surface area contributed by atoms with E-state index in [1.54, 1.807) is 18.3 Å². The van der Waals surface area contributed by atoms with E-state index in [9.17, 15) is 0 Å². The minimum Gasteiger partial charge on any atom is -0.454 e. The lowest BCUT2D eigenvalue weighted by Crippen LogP contribution is -2.30. The minimum atomic E-state index is -0.326. The van der Waals surface area contributed by atoms with Gasteiger partial charge in [-0.15, -0.1) is 0 Å². The molecular formula is C27H23FN4O2S. The second kappa shape index (κ2) is 8.39. The van der Waals surface area contributed by atoms with Gasteiger partial charge in [0.05, 0.1) is 23.5 Å². The molecule has 2 aliphatic heterocycles. The average Bonchev–Trinajstić information content (AvgIpc) is 3.55. The van der Waals surface area contributed by atoms with Crippen LogP contribution in [0.3, 0.4) is 0 Å². The zero-order valence-electron chi connectivity index (χ0n) is 19.2. The molecule has 1 N–H and O–H groups in total. The van der Waals surface area contributed by atoms with Gasteiger partial charge in [-0.05, 0) is 74.1 Å². The van der Waals surface area contributed by atoms with Crippen LogP contribution in [0.5, 0.6) is 11.5 Å². The van der Waals surface area contributed by atoms with Gasteiger partial charge in [0, 0.05) is 29.3 Å². The molecule has 1 saturated heterocycles. The Morgan fingerprint density at radius 3 is 2.60 bits per heavy atom. The Morgan fingerprint density at radius 2 is 1.80 bits per heavy atom. The molecule has 2 atom stereocenters. The van der Waals surface area contributed by atoms with Gasteiger partial charge in [0.1, 0.15) is 5.82 Å². The third-order valence-corrected chi connectivity index (χ3v) is 6.93. The zero-order chi connectivity index (χ0) is 24.1. The second-order valence-corrected chi connectivity index (χ2v) is 9.03. The monoisotopic (exact) mass is 486 g/mol. The van der Waals surface area contributed by atoms with E-state index in [4.69, 9.17) is 21.7 Å². The Hall–Kier alpha value is -3.91. The van der Waals surface area contributed by atoms with E-state index in [2.05, 4.69) is 34.8 Å². The number of hydrogen-bond acceptors (Lipinski definition) is 4. The Labute approximate surface area is 207 Å². The van der Waals surface area contributed by atoms with Gasteiger partial charge in [-0.1, -0.05) is 18.2 Å². The lowest BCUT2D eigenvalue weighted by Gasteiger charge is -2.28. The summed E-state index contributed by atoms with van der Waals surface area (Å²) in [6.45, 7) is 4.36. The van der Waals surface area contributed by atoms with Crippen LogP contribution in [0.25, 0.3) is 5.69 Å². The molecular weight excluding hydrogens is 463 g/mol. The van der Waals surface area contributed by atoms with Crippen LogP contribution in [0.2, 0.25) is 0 Å². The van der Waals surface area contributed by atoms with Crippen LogP contribution in [-0.4, -0.2) is 21.5 Å². The summed E-state index contributed by atoms with van der Waals surface area (Å²) in [4.78, 5) is 6.47. The number of hydrogen-bond donors (Lipinski definition) is 1. The summed E-state index contributed by atoms with van der Waals surface area (Å²) in [5.74, 6) is 1.13. The maximum atomic E-state index is 15.0. The van der Waals surface area contributed by atoms with E-state index in [0.717, 1.165) is 39.8 Å². The number of fused-ring (bicyclic) bond motifs is 1. The van der Waals surface area contributed by atoms with E-state index in [0.29, 0.717) is 10.8 Å². The molecule has 0 unspecified atom stereocenters. The highest BCUT2D eigenvalue weighted by atomic mass is 32.1. The number of thiocarbonyl (C=S) groups is 1. The SMILES string of the molecule is Cc1cc([C@@H]2[C@H](c3ccccn3)NC(=S)N2c2ccccc2F)c(C)n1-c1ccc2c(c1)OCO2. The number of anilines is 1. The largest absolute Gasteiger partial charge is 0.454 e. The van der Waals surface area contributed by atoms with Crippen LogP contribution < -0.4 is 19.7 Å². The molecule has 0 bridgehead atoms. The van der Waals surface area contributed by atoms with Crippen LogP contribution in [-0.2, 0) is 0 Å². The van der Waals surface area contributed by atoms with Gasteiger partial charge in [-0.25, -0.2) is 4.39 Å². The Morgan fingerprint density at radius 1 is 1.00 bits per heavy atom. The summed E-state index contributed by atoms with van der Waals surface area (Å²) in [5, 5.41) is 3.87. The molecule has 2 aromatic carbocycles. The molecule has 0 aliphatic carbocycles. The van der Waals surface area contributed by atoms with E-state index in [1.807, 2.05) is 47.4 Å². The van der Waals surface area contributed by atoms with Gasteiger partial charge in [0.2, 0.25) is 6.79 Å². The van der Waals surface area contributed by atoms with E-state index >= 15 is 4.39 Å². The number of nitrogens with zero attached hydrogens (tertiary/aromatic N) is 3. The highest BCUT2D eigenvalue weighted by Gasteiger charge is 2.43. The van der Waals surface area contributed by atoms with Gasteiger partial charge >= 0.3 is 0 Å². The van der Waals surface area contributed by atoms with Crippen LogP contribution >= 0.6 is 12.2 Å². The zero-order valence-corrected chi connectivity index (χ0v) is 20.1. The first-order valence-corrected chi connectivity index (χ1v) is 11.8. The summed E-state index contributed by atoms with van der Waals surface area (Å²) in [7, 11) is 0.